The molecule has 0 aromatic carbocycles. The van der Waals surface area contributed by atoms with Crippen LogP contribution in [0.5, 0.6) is 0 Å². The summed E-state index contributed by atoms with van der Waals surface area (Å²) in [6, 6.07) is 0. The molecule has 0 aliphatic heterocycles. The highest BCUT2D eigenvalue weighted by Crippen LogP contribution is 2.03. The molecular formula is C9H19NO3. The highest BCUT2D eigenvalue weighted by molar-refractivity contribution is 5.69. The number of rotatable bonds is 6. The fraction of sp³-hybridized carbons (Fsp3) is 0.889. The fourth-order valence-electron chi connectivity index (χ4n) is 1.07. The number of carbonyl (C=O) groups excluding carboxylic acids is 1. The monoisotopic (exact) mass is 189 g/mol. The largest absolute Gasteiger partial charge is 0.469 e. The molecule has 0 aliphatic carbocycles. The Kier molecular flexibility index (Phi) is 6.54. The first-order chi connectivity index (χ1) is 6.10. The second kappa shape index (κ2) is 6.86. The van der Waals surface area contributed by atoms with Crippen LogP contribution in [0.25, 0.3) is 0 Å². The summed E-state index contributed by atoms with van der Waals surface area (Å²) in [4.78, 5) is 12.9. The second-order valence-corrected chi connectivity index (χ2v) is 3.23. The predicted molar refractivity (Wildman–Crippen MR) is 50.6 cm³/mol. The van der Waals surface area contributed by atoms with Crippen molar-refractivity contribution in [1.29, 1.82) is 0 Å². The van der Waals surface area contributed by atoms with Crippen LogP contribution in [0, 0.1) is 0 Å². The van der Waals surface area contributed by atoms with Crippen LogP contribution in [-0.4, -0.2) is 51.8 Å². The van der Waals surface area contributed by atoms with Crippen molar-refractivity contribution < 1.29 is 14.3 Å². The minimum absolute atomic E-state index is 0.106. The van der Waals surface area contributed by atoms with Crippen LogP contribution in [-0.2, 0) is 14.3 Å². The Balaban J connectivity index is 3.65. The molecule has 0 aromatic heterocycles. The molecule has 0 unspecified atom stereocenters. The Hall–Kier alpha value is -0.610. The topological polar surface area (TPSA) is 38.8 Å². The van der Waals surface area contributed by atoms with Crippen LogP contribution >= 0.6 is 0 Å². The maximum absolute atomic E-state index is 10.8. The normalized spacial score (nSPS) is 13.0. The molecule has 0 N–H and O–H groups in total. The number of hydrogen-bond acceptors (Lipinski definition) is 4. The zero-order valence-corrected chi connectivity index (χ0v) is 8.87. The molecule has 0 radical (unpaired) electrons. The molecule has 0 aliphatic rings. The molecule has 78 valence electrons. The van der Waals surface area contributed by atoms with Gasteiger partial charge in [-0.05, 0) is 20.5 Å². The van der Waals surface area contributed by atoms with Gasteiger partial charge in [-0.1, -0.05) is 0 Å². The van der Waals surface area contributed by atoms with E-state index >= 15 is 0 Å². The van der Waals surface area contributed by atoms with E-state index < -0.39 is 0 Å². The smallest absolute Gasteiger partial charge is 0.305 e. The Morgan fingerprint density at radius 3 is 2.38 bits per heavy atom. The van der Waals surface area contributed by atoms with Gasteiger partial charge in [-0.15, -0.1) is 0 Å². The van der Waals surface area contributed by atoms with Crippen LogP contribution in [0.3, 0.4) is 0 Å². The number of carbonyl (C=O) groups is 1. The van der Waals surface area contributed by atoms with Gasteiger partial charge in [0.2, 0.25) is 0 Å². The quantitative estimate of drug-likeness (QED) is 0.571. The number of ether oxygens (including phenoxy) is 2. The van der Waals surface area contributed by atoms with Gasteiger partial charge in [-0.2, -0.15) is 0 Å². The molecule has 0 saturated carbocycles. The zero-order chi connectivity index (χ0) is 10.3. The van der Waals surface area contributed by atoms with Gasteiger partial charge in [0.25, 0.3) is 0 Å². The molecule has 0 amide bonds. The molecule has 0 heterocycles. The van der Waals surface area contributed by atoms with Crippen LogP contribution in [0.15, 0.2) is 0 Å². The van der Waals surface area contributed by atoms with Gasteiger partial charge < -0.3 is 14.4 Å². The van der Waals surface area contributed by atoms with Crippen molar-refractivity contribution in [3.8, 4) is 0 Å². The third-order valence-electron chi connectivity index (χ3n) is 1.80. The first kappa shape index (κ1) is 12.4. The van der Waals surface area contributed by atoms with E-state index in [2.05, 4.69) is 4.74 Å². The lowest BCUT2D eigenvalue weighted by Gasteiger charge is -2.18. The summed E-state index contributed by atoms with van der Waals surface area (Å²) in [6.45, 7) is 0.827. The Morgan fingerprint density at radius 2 is 2.00 bits per heavy atom. The lowest BCUT2D eigenvalue weighted by Crippen LogP contribution is -2.28. The highest BCUT2D eigenvalue weighted by atomic mass is 16.5. The van der Waals surface area contributed by atoms with Crippen molar-refractivity contribution >= 4 is 5.97 Å². The third-order valence-corrected chi connectivity index (χ3v) is 1.80. The summed E-state index contributed by atoms with van der Waals surface area (Å²) < 4.78 is 9.75. The van der Waals surface area contributed by atoms with E-state index in [4.69, 9.17) is 4.74 Å². The van der Waals surface area contributed by atoms with Crippen LogP contribution in [0.4, 0.5) is 0 Å². The van der Waals surface area contributed by atoms with E-state index in [1.165, 1.54) is 7.11 Å². The van der Waals surface area contributed by atoms with E-state index in [1.54, 1.807) is 7.11 Å². The zero-order valence-electron chi connectivity index (χ0n) is 8.87. The van der Waals surface area contributed by atoms with Crippen LogP contribution in [0.1, 0.15) is 12.8 Å². The lowest BCUT2D eigenvalue weighted by atomic mass is 10.2. The summed E-state index contributed by atoms with van der Waals surface area (Å²) in [5, 5.41) is 0. The summed E-state index contributed by atoms with van der Waals surface area (Å²) in [5.41, 5.74) is 0. The molecule has 13 heavy (non-hydrogen) atoms. The van der Waals surface area contributed by atoms with Crippen molar-refractivity contribution in [3.63, 3.8) is 0 Å². The number of nitrogens with zero attached hydrogens (tertiary/aromatic N) is 1. The molecular weight excluding hydrogens is 170 g/mol. The van der Waals surface area contributed by atoms with Gasteiger partial charge in [0, 0.05) is 20.1 Å². The van der Waals surface area contributed by atoms with Crippen LogP contribution < -0.4 is 0 Å². The van der Waals surface area contributed by atoms with E-state index in [0.717, 1.165) is 6.54 Å². The predicted octanol–water partition coefficient (Wildman–Crippen LogP) is 0.516. The molecule has 0 fully saturated rings. The molecule has 0 rings (SSSR count). The third kappa shape index (κ3) is 6.54. The summed E-state index contributed by atoms with van der Waals surface area (Å²) >= 11 is 0. The minimum atomic E-state index is -0.180. The summed E-state index contributed by atoms with van der Waals surface area (Å²) in [6.07, 6.45) is 1.23. The first-order valence-electron chi connectivity index (χ1n) is 4.34. The maximum Gasteiger partial charge on any atom is 0.305 e. The number of esters is 1. The van der Waals surface area contributed by atoms with Crippen molar-refractivity contribution in [1.82, 2.24) is 4.90 Å². The molecule has 0 aromatic rings. The van der Waals surface area contributed by atoms with Gasteiger partial charge in [-0.25, -0.2) is 0 Å². The molecule has 4 heteroatoms. The average molecular weight is 189 g/mol. The molecule has 0 saturated heterocycles. The van der Waals surface area contributed by atoms with Gasteiger partial charge >= 0.3 is 5.97 Å². The molecule has 4 nitrogen and oxygen atoms in total. The molecule has 0 spiro atoms. The van der Waals surface area contributed by atoms with Gasteiger partial charge in [0.05, 0.1) is 13.2 Å². The van der Waals surface area contributed by atoms with E-state index in [0.29, 0.717) is 12.8 Å². The Labute approximate surface area is 79.8 Å². The van der Waals surface area contributed by atoms with Crippen LogP contribution in [0.2, 0.25) is 0 Å². The van der Waals surface area contributed by atoms with E-state index in [9.17, 15) is 4.79 Å². The van der Waals surface area contributed by atoms with Gasteiger partial charge in [0.15, 0.2) is 0 Å². The minimum Gasteiger partial charge on any atom is -0.469 e. The summed E-state index contributed by atoms with van der Waals surface area (Å²) in [7, 11) is 7.01. The lowest BCUT2D eigenvalue weighted by molar-refractivity contribution is -0.141. The van der Waals surface area contributed by atoms with Gasteiger partial charge in [-0.3, -0.25) is 4.79 Å². The molecule has 0 bridgehead atoms. The van der Waals surface area contributed by atoms with Crippen molar-refractivity contribution in [2.45, 2.75) is 18.9 Å². The first-order valence-corrected chi connectivity index (χ1v) is 4.34. The maximum atomic E-state index is 10.8. The van der Waals surface area contributed by atoms with Gasteiger partial charge in [0.1, 0.15) is 0 Å². The van der Waals surface area contributed by atoms with E-state index in [1.807, 2.05) is 19.0 Å². The van der Waals surface area contributed by atoms with Crippen molar-refractivity contribution in [2.75, 3.05) is 34.9 Å². The second-order valence-electron chi connectivity index (χ2n) is 3.23. The van der Waals surface area contributed by atoms with E-state index in [-0.39, 0.29) is 12.1 Å². The number of likely N-dealkylation sites (N-methyl/N-ethyl adjacent to an activating group) is 1. The fourth-order valence-corrected chi connectivity index (χ4v) is 1.07. The number of methoxy groups -OCH3 is 2. The molecule has 1 atom stereocenters. The average Bonchev–Trinajstić information content (AvgIpc) is 2.10. The Bertz CT molecular complexity index is 148. The standard InChI is InChI=1S/C9H19NO3/c1-10(2)7-8(12-3)5-6-9(11)13-4/h8H,5-7H2,1-4H3/t8-/m1/s1. The van der Waals surface area contributed by atoms with Crippen molar-refractivity contribution in [3.05, 3.63) is 0 Å². The van der Waals surface area contributed by atoms with Crippen molar-refractivity contribution in [2.24, 2.45) is 0 Å². The SMILES string of the molecule is COC(=O)CC[C@H](CN(C)C)OC. The highest BCUT2D eigenvalue weighted by Gasteiger charge is 2.11. The summed E-state index contributed by atoms with van der Waals surface area (Å²) in [5.74, 6) is -0.180. The number of hydrogen-bond donors (Lipinski definition) is 0. The Morgan fingerprint density at radius 1 is 1.38 bits per heavy atom.